The molecular weight excluding hydrogens is 410 g/mol. The third kappa shape index (κ3) is 6.66. The minimum Gasteiger partial charge on any atom is -0.393 e. The molecule has 0 aromatic carbocycles. The maximum absolute atomic E-state index is 11.2. The van der Waals surface area contributed by atoms with E-state index < -0.39 is 22.2 Å². The third-order valence-electron chi connectivity index (χ3n) is 8.25. The minimum absolute atomic E-state index is 0.360. The molecule has 0 radical (unpaired) electrons. The number of aliphatic hydroxyl groups is 2. The van der Waals surface area contributed by atoms with Crippen LogP contribution in [-0.2, 0) is 10.0 Å². The summed E-state index contributed by atoms with van der Waals surface area (Å²) in [4.78, 5) is 0. The number of rotatable bonds is 8. The van der Waals surface area contributed by atoms with E-state index in [0.29, 0.717) is 43.1 Å². The molecule has 3 fully saturated rings. The highest BCUT2D eigenvalue weighted by Gasteiger charge is 2.50. The smallest absolute Gasteiger partial charge is 0.208 e. The van der Waals surface area contributed by atoms with Crippen LogP contribution in [0, 0.1) is 23.2 Å². The van der Waals surface area contributed by atoms with Crippen LogP contribution >= 0.6 is 0 Å². The van der Waals surface area contributed by atoms with Crippen molar-refractivity contribution in [2.75, 3.05) is 12.8 Å². The normalized spacial score (nSPS) is 36.4. The first-order valence-corrected chi connectivity index (χ1v) is 14.2. The Morgan fingerprint density at radius 1 is 1.16 bits per heavy atom. The molecule has 0 unspecified atom stereocenters. The molecule has 3 rings (SSSR count). The second-order valence-electron chi connectivity index (χ2n) is 10.8. The summed E-state index contributed by atoms with van der Waals surface area (Å²) in [6.45, 7) is 5.44. The largest absolute Gasteiger partial charge is 0.393 e. The van der Waals surface area contributed by atoms with Gasteiger partial charge in [-0.05, 0) is 81.0 Å². The van der Waals surface area contributed by atoms with Crippen molar-refractivity contribution in [1.82, 2.24) is 4.72 Å². The van der Waals surface area contributed by atoms with Crippen molar-refractivity contribution in [3.8, 4) is 0 Å². The van der Waals surface area contributed by atoms with Crippen LogP contribution < -0.4 is 4.72 Å². The fourth-order valence-electron chi connectivity index (χ4n) is 6.79. The number of unbranched alkanes of at least 4 members (excludes halogenated alkanes) is 1. The highest BCUT2D eigenvalue weighted by Crippen LogP contribution is 2.59. The maximum atomic E-state index is 11.2. The highest BCUT2D eigenvalue weighted by molar-refractivity contribution is 7.88. The zero-order valence-electron chi connectivity index (χ0n) is 19.6. The van der Waals surface area contributed by atoms with Gasteiger partial charge in [0, 0.05) is 6.54 Å². The molecule has 5 nitrogen and oxygen atoms in total. The summed E-state index contributed by atoms with van der Waals surface area (Å²) in [6, 6.07) is 0. The Labute approximate surface area is 189 Å². The van der Waals surface area contributed by atoms with Crippen molar-refractivity contribution < 1.29 is 18.6 Å². The number of aliphatic hydroxyl groups excluding tert-OH is 2. The zero-order chi connectivity index (χ0) is 22.6. The van der Waals surface area contributed by atoms with Crippen molar-refractivity contribution in [2.45, 2.75) is 96.7 Å². The molecule has 0 aromatic heterocycles. The van der Waals surface area contributed by atoms with Crippen molar-refractivity contribution in [3.05, 3.63) is 23.3 Å². The van der Waals surface area contributed by atoms with Crippen LogP contribution in [0.2, 0.25) is 0 Å². The van der Waals surface area contributed by atoms with Gasteiger partial charge in [0.25, 0.3) is 0 Å². The van der Waals surface area contributed by atoms with E-state index in [1.165, 1.54) is 43.9 Å². The number of sulfonamides is 1. The Morgan fingerprint density at radius 3 is 2.55 bits per heavy atom. The molecule has 0 saturated heterocycles. The van der Waals surface area contributed by atoms with E-state index in [9.17, 15) is 18.6 Å². The summed E-state index contributed by atoms with van der Waals surface area (Å²) < 4.78 is 25.0. The molecule has 0 amide bonds. The summed E-state index contributed by atoms with van der Waals surface area (Å²) in [5, 5.41) is 19.9. The second-order valence-corrected chi connectivity index (χ2v) is 12.6. The van der Waals surface area contributed by atoms with Gasteiger partial charge in [0.15, 0.2) is 0 Å². The lowest BCUT2D eigenvalue weighted by Crippen LogP contribution is -2.36. The van der Waals surface area contributed by atoms with E-state index in [1.807, 2.05) is 0 Å². The lowest BCUT2D eigenvalue weighted by atomic mass is 9.60. The number of allylic oxidation sites excluding steroid dienone is 3. The fourth-order valence-corrected chi connectivity index (χ4v) is 7.31. The molecular formula is C25H43NO4S. The fraction of sp³-hybridized carbons (Fsp3) is 0.840. The quantitative estimate of drug-likeness (QED) is 0.478. The number of hydrogen-bond acceptors (Lipinski definition) is 4. The molecule has 178 valence electrons. The Balaban J connectivity index is 1.58. The van der Waals surface area contributed by atoms with Crippen LogP contribution in [0.3, 0.4) is 0 Å². The Kier molecular flexibility index (Phi) is 8.44. The number of hydrogen-bond donors (Lipinski definition) is 3. The van der Waals surface area contributed by atoms with Crippen molar-refractivity contribution >= 4 is 10.0 Å². The molecule has 3 N–H and O–H groups in total. The van der Waals surface area contributed by atoms with Gasteiger partial charge in [0.05, 0.1) is 18.5 Å². The minimum atomic E-state index is -3.08. The lowest BCUT2D eigenvalue weighted by Gasteiger charge is -2.44. The average molecular weight is 454 g/mol. The van der Waals surface area contributed by atoms with Gasteiger partial charge in [-0.15, -0.1) is 0 Å². The monoisotopic (exact) mass is 453 g/mol. The van der Waals surface area contributed by atoms with Gasteiger partial charge in [0.2, 0.25) is 10.0 Å². The summed E-state index contributed by atoms with van der Waals surface area (Å²) in [7, 11) is -3.08. The van der Waals surface area contributed by atoms with E-state index in [4.69, 9.17) is 0 Å². The predicted octanol–water partition coefficient (Wildman–Crippen LogP) is 4.32. The molecule has 0 heterocycles. The van der Waals surface area contributed by atoms with Crippen LogP contribution in [0.15, 0.2) is 23.3 Å². The predicted molar refractivity (Wildman–Crippen MR) is 126 cm³/mol. The summed E-state index contributed by atoms with van der Waals surface area (Å²) in [5.74, 6) is 2.04. The Bertz CT molecular complexity index is 762. The molecule has 0 spiro atoms. The molecule has 6 atom stereocenters. The van der Waals surface area contributed by atoms with Crippen molar-refractivity contribution in [2.24, 2.45) is 23.2 Å². The van der Waals surface area contributed by atoms with Gasteiger partial charge < -0.3 is 10.2 Å². The highest BCUT2D eigenvalue weighted by atomic mass is 32.2. The summed E-state index contributed by atoms with van der Waals surface area (Å²) in [6.07, 6.45) is 16.2. The van der Waals surface area contributed by atoms with Gasteiger partial charge in [0.1, 0.15) is 0 Å². The molecule has 0 bridgehead atoms. The molecule has 31 heavy (non-hydrogen) atoms. The zero-order valence-corrected chi connectivity index (χ0v) is 20.5. The average Bonchev–Trinajstić information content (AvgIpc) is 3.02. The van der Waals surface area contributed by atoms with Crippen LogP contribution in [0.5, 0.6) is 0 Å². The van der Waals surface area contributed by atoms with Crippen LogP contribution in [0.1, 0.15) is 84.5 Å². The molecule has 0 aliphatic heterocycles. The van der Waals surface area contributed by atoms with E-state index in [-0.39, 0.29) is 0 Å². The van der Waals surface area contributed by atoms with E-state index in [2.05, 4.69) is 30.7 Å². The second kappa shape index (κ2) is 10.5. The van der Waals surface area contributed by atoms with Gasteiger partial charge in [-0.1, -0.05) is 50.0 Å². The van der Waals surface area contributed by atoms with Crippen LogP contribution in [0.4, 0.5) is 0 Å². The Morgan fingerprint density at radius 2 is 1.87 bits per heavy atom. The molecule has 3 aliphatic rings. The van der Waals surface area contributed by atoms with Gasteiger partial charge in [-0.3, -0.25) is 0 Å². The molecule has 0 aromatic rings. The molecule has 6 heteroatoms. The maximum Gasteiger partial charge on any atom is 0.208 e. The Hall–Kier alpha value is -0.690. The van der Waals surface area contributed by atoms with E-state index in [0.717, 1.165) is 25.2 Å². The summed E-state index contributed by atoms with van der Waals surface area (Å²) >= 11 is 0. The van der Waals surface area contributed by atoms with Gasteiger partial charge >= 0.3 is 0 Å². The SMILES string of the molecule is C[C@H](CCCCNS(C)(=O)=O)[C@H]1CC[C@H]2/C(=C\C=C3C[C@@H](O)C[C@H](O)C3)CCC[C@]12C. The van der Waals surface area contributed by atoms with Crippen molar-refractivity contribution in [3.63, 3.8) is 0 Å². The number of nitrogens with one attached hydrogen (secondary N) is 1. The van der Waals surface area contributed by atoms with Gasteiger partial charge in [-0.25, -0.2) is 13.1 Å². The van der Waals surface area contributed by atoms with E-state index >= 15 is 0 Å². The molecule has 3 aliphatic carbocycles. The first-order valence-electron chi connectivity index (χ1n) is 12.3. The standard InChI is InChI=1S/C25H43NO4S/c1-18(7-4-5-14-26-31(3,29)30)23-11-12-24-20(8-6-13-25(23,24)2)10-9-19-15-21(27)17-22(28)16-19/h9-10,18,21-24,26-28H,4-8,11-17H2,1-3H3/b20-10-/t18-,21-,22-,23-,24+,25-/m1/s1. The first-order chi connectivity index (χ1) is 14.6. The van der Waals surface area contributed by atoms with Crippen LogP contribution in [0.25, 0.3) is 0 Å². The molecule has 3 saturated carbocycles. The van der Waals surface area contributed by atoms with E-state index in [1.54, 1.807) is 5.57 Å². The topological polar surface area (TPSA) is 86.6 Å². The lowest BCUT2D eigenvalue weighted by molar-refractivity contribution is 0.0609. The summed E-state index contributed by atoms with van der Waals surface area (Å²) in [5.41, 5.74) is 3.11. The van der Waals surface area contributed by atoms with Crippen molar-refractivity contribution in [1.29, 1.82) is 0 Å². The van der Waals surface area contributed by atoms with Gasteiger partial charge in [-0.2, -0.15) is 0 Å². The third-order valence-corrected chi connectivity index (χ3v) is 8.98. The first kappa shape index (κ1) is 24.9. The number of fused-ring (bicyclic) bond motifs is 1. The van der Waals surface area contributed by atoms with Crippen LogP contribution in [-0.4, -0.2) is 43.6 Å².